The first-order chi connectivity index (χ1) is 16.6. The van der Waals surface area contributed by atoms with Gasteiger partial charge in [-0.1, -0.05) is 42.5 Å². The topological polar surface area (TPSA) is 95.3 Å². The summed E-state index contributed by atoms with van der Waals surface area (Å²) >= 11 is 0. The zero-order valence-corrected chi connectivity index (χ0v) is 18.7. The fourth-order valence-corrected chi connectivity index (χ4v) is 4.20. The third-order valence-corrected chi connectivity index (χ3v) is 5.95. The van der Waals surface area contributed by atoms with Crippen molar-refractivity contribution in [1.82, 2.24) is 19.9 Å². The number of carbonyl (C=O) groups excluding carboxylic acids is 1. The number of rotatable bonds is 8. The maximum Gasteiger partial charge on any atom is 0.339 e. The van der Waals surface area contributed by atoms with Gasteiger partial charge in [-0.05, 0) is 29.8 Å². The summed E-state index contributed by atoms with van der Waals surface area (Å²) in [4.78, 5) is 33.3. The molecule has 8 heteroatoms. The van der Waals surface area contributed by atoms with Crippen molar-refractivity contribution in [3.8, 4) is 17.0 Å². The van der Waals surface area contributed by atoms with Crippen LogP contribution < -0.4 is 15.6 Å². The third kappa shape index (κ3) is 4.27. The summed E-state index contributed by atoms with van der Waals surface area (Å²) in [5.74, 6) is 0.145. The van der Waals surface area contributed by atoms with E-state index >= 15 is 0 Å². The molecule has 4 aromatic rings. The van der Waals surface area contributed by atoms with Crippen LogP contribution in [0.15, 0.2) is 71.7 Å². The van der Waals surface area contributed by atoms with Crippen LogP contribution in [-0.2, 0) is 11.3 Å². The Labute approximate surface area is 196 Å². The fourth-order valence-electron chi connectivity index (χ4n) is 4.20. The van der Waals surface area contributed by atoms with E-state index < -0.39 is 0 Å². The van der Waals surface area contributed by atoms with Gasteiger partial charge in [-0.3, -0.25) is 9.36 Å². The Balaban J connectivity index is 1.21. The first kappa shape index (κ1) is 21.8. The Morgan fingerprint density at radius 3 is 2.71 bits per heavy atom. The van der Waals surface area contributed by atoms with E-state index in [1.807, 2.05) is 48.5 Å². The van der Waals surface area contributed by atoms with E-state index in [9.17, 15) is 9.59 Å². The number of aromatic nitrogens is 3. The van der Waals surface area contributed by atoms with Gasteiger partial charge < -0.3 is 14.8 Å². The van der Waals surface area contributed by atoms with Gasteiger partial charge in [-0.25, -0.2) is 9.78 Å². The van der Waals surface area contributed by atoms with Gasteiger partial charge in [0, 0.05) is 31.1 Å². The number of methoxy groups -OCH3 is 1. The van der Waals surface area contributed by atoms with Crippen LogP contribution in [0.5, 0.6) is 5.88 Å². The Hall–Kier alpha value is -4.04. The molecule has 0 fully saturated rings. The maximum atomic E-state index is 12.4. The van der Waals surface area contributed by atoms with Gasteiger partial charge >= 0.3 is 5.97 Å². The summed E-state index contributed by atoms with van der Waals surface area (Å²) < 4.78 is 12.4. The van der Waals surface area contributed by atoms with E-state index in [4.69, 9.17) is 9.47 Å². The van der Waals surface area contributed by atoms with Crippen molar-refractivity contribution in [3.05, 3.63) is 88.3 Å². The van der Waals surface area contributed by atoms with E-state index in [1.54, 1.807) is 16.7 Å². The van der Waals surface area contributed by atoms with Gasteiger partial charge in [-0.15, -0.1) is 0 Å². The predicted octanol–water partition coefficient (Wildman–Crippen LogP) is 3.36. The lowest BCUT2D eigenvalue weighted by molar-refractivity contribution is 0.0369. The van der Waals surface area contributed by atoms with Crippen molar-refractivity contribution in [1.29, 1.82) is 0 Å². The number of carbonyl (C=O) groups is 1. The molecule has 2 aromatic heterocycles. The molecule has 1 aliphatic rings. The molecule has 0 spiro atoms. The zero-order valence-electron chi connectivity index (χ0n) is 18.7. The maximum absolute atomic E-state index is 12.4. The van der Waals surface area contributed by atoms with Crippen molar-refractivity contribution in [3.63, 3.8) is 0 Å². The number of hydrogen-bond donors (Lipinski definition) is 1. The molecule has 0 radical (unpaired) electrons. The van der Waals surface area contributed by atoms with Gasteiger partial charge in [0.05, 0.1) is 18.9 Å². The first-order valence-corrected chi connectivity index (χ1v) is 11.2. The van der Waals surface area contributed by atoms with Crippen LogP contribution in [0, 0.1) is 0 Å². The molecule has 0 amide bonds. The van der Waals surface area contributed by atoms with Crippen molar-refractivity contribution in [2.45, 2.75) is 19.1 Å². The Morgan fingerprint density at radius 2 is 1.88 bits per heavy atom. The van der Waals surface area contributed by atoms with E-state index in [-0.39, 0.29) is 17.6 Å². The Kier molecular flexibility index (Phi) is 6.05. The summed E-state index contributed by atoms with van der Waals surface area (Å²) in [5, 5.41) is 3.33. The molecule has 3 heterocycles. The second-order valence-corrected chi connectivity index (χ2v) is 8.05. The number of pyridine rings is 1. The summed E-state index contributed by atoms with van der Waals surface area (Å²) in [5.41, 5.74) is 4.50. The lowest BCUT2D eigenvalue weighted by Gasteiger charge is -2.13. The average Bonchev–Trinajstić information content (AvgIpc) is 3.19. The number of nitrogens with zero attached hydrogens (tertiary/aromatic N) is 3. The molecular weight excluding hydrogens is 432 g/mol. The van der Waals surface area contributed by atoms with Crippen molar-refractivity contribution >= 4 is 17.1 Å². The smallest absolute Gasteiger partial charge is 0.339 e. The number of ether oxygens (including phenoxy) is 2. The van der Waals surface area contributed by atoms with E-state index in [0.717, 1.165) is 16.7 Å². The molecule has 0 saturated carbocycles. The second-order valence-electron chi connectivity index (χ2n) is 8.05. The number of cyclic esters (lactones) is 1. The van der Waals surface area contributed by atoms with Gasteiger partial charge in [-0.2, -0.15) is 4.98 Å². The van der Waals surface area contributed by atoms with E-state index in [1.165, 1.54) is 13.3 Å². The fraction of sp³-hybridized carbons (Fsp3) is 0.231. The van der Waals surface area contributed by atoms with Crippen LogP contribution in [0.2, 0.25) is 0 Å². The number of fused-ring (bicyclic) bond motifs is 2. The molecule has 0 saturated heterocycles. The summed E-state index contributed by atoms with van der Waals surface area (Å²) in [6.07, 6.45) is 1.66. The van der Waals surface area contributed by atoms with E-state index in [2.05, 4.69) is 15.3 Å². The van der Waals surface area contributed by atoms with Gasteiger partial charge in [0.25, 0.3) is 5.56 Å². The molecule has 0 aliphatic carbocycles. The minimum Gasteiger partial charge on any atom is -0.481 e. The second kappa shape index (κ2) is 9.44. The van der Waals surface area contributed by atoms with Crippen LogP contribution in [0.4, 0.5) is 0 Å². The number of esters is 1. The molecule has 2 aromatic carbocycles. The van der Waals surface area contributed by atoms with Gasteiger partial charge in [0.1, 0.15) is 11.6 Å². The predicted molar refractivity (Wildman–Crippen MR) is 128 cm³/mol. The van der Waals surface area contributed by atoms with Crippen molar-refractivity contribution in [2.75, 3.05) is 20.2 Å². The molecule has 5 rings (SSSR count). The molecular formula is C26H24N4O4. The molecule has 1 N–H and O–H groups in total. The van der Waals surface area contributed by atoms with Crippen LogP contribution in [-0.4, -0.2) is 40.7 Å². The molecule has 172 valence electrons. The highest BCUT2D eigenvalue weighted by Gasteiger charge is 2.30. The average molecular weight is 457 g/mol. The molecule has 34 heavy (non-hydrogen) atoms. The number of nitrogens with one attached hydrogen (secondary N) is 1. The van der Waals surface area contributed by atoms with Crippen LogP contribution >= 0.6 is 0 Å². The summed E-state index contributed by atoms with van der Waals surface area (Å²) in [7, 11) is 1.53. The Bertz CT molecular complexity index is 1400. The van der Waals surface area contributed by atoms with Gasteiger partial charge in [0.15, 0.2) is 5.65 Å². The number of hydrogen-bond acceptors (Lipinski definition) is 7. The quantitative estimate of drug-likeness (QED) is 0.321. The molecule has 1 aliphatic heterocycles. The minimum atomic E-state index is -0.285. The van der Waals surface area contributed by atoms with E-state index in [0.29, 0.717) is 48.7 Å². The molecule has 0 bridgehead atoms. The number of benzene rings is 2. The Morgan fingerprint density at radius 1 is 1.03 bits per heavy atom. The standard InChI is InChI=1S/C26H24N4O4/c1-33-23-10-9-21-25(29-23)30(24(31)16-28-21)14-13-27-12-11-22-19-8-7-18(15-20(19)26(32)34-22)17-5-3-2-4-6-17/h2-10,15-16,22,27H,11-14H2,1H3. The highest BCUT2D eigenvalue weighted by molar-refractivity contribution is 5.95. The lowest BCUT2D eigenvalue weighted by atomic mass is 9.97. The first-order valence-electron chi connectivity index (χ1n) is 11.2. The SMILES string of the molecule is COc1ccc2ncc(=O)n(CCNCCC3OC(=O)c4cc(-c5ccccc5)ccc43)c2n1. The molecule has 8 nitrogen and oxygen atoms in total. The highest BCUT2D eigenvalue weighted by atomic mass is 16.5. The highest BCUT2D eigenvalue weighted by Crippen LogP contribution is 2.35. The zero-order chi connectivity index (χ0) is 23.5. The molecule has 1 atom stereocenters. The molecule has 1 unspecified atom stereocenters. The van der Waals surface area contributed by atoms with Crippen LogP contribution in [0.1, 0.15) is 28.4 Å². The largest absolute Gasteiger partial charge is 0.481 e. The van der Waals surface area contributed by atoms with Gasteiger partial charge in [0.2, 0.25) is 5.88 Å². The van der Waals surface area contributed by atoms with Crippen molar-refractivity contribution < 1.29 is 14.3 Å². The summed E-state index contributed by atoms with van der Waals surface area (Å²) in [6.45, 7) is 1.62. The minimum absolute atomic E-state index is 0.220. The normalized spacial score (nSPS) is 14.7. The third-order valence-electron chi connectivity index (χ3n) is 5.95. The van der Waals surface area contributed by atoms with Crippen molar-refractivity contribution in [2.24, 2.45) is 0 Å². The lowest BCUT2D eigenvalue weighted by Crippen LogP contribution is -2.28. The monoisotopic (exact) mass is 456 g/mol. The van der Waals surface area contributed by atoms with Crippen LogP contribution in [0.25, 0.3) is 22.3 Å². The summed E-state index contributed by atoms with van der Waals surface area (Å²) in [6, 6.07) is 19.4. The van der Waals surface area contributed by atoms with Crippen LogP contribution in [0.3, 0.4) is 0 Å².